The molecule has 34 heavy (non-hydrogen) atoms. The van der Waals surface area contributed by atoms with Gasteiger partial charge in [0.25, 0.3) is 0 Å². The Kier molecular flexibility index (Phi) is 10.2. The Balaban J connectivity index is 0.00000324. The molecule has 2 N–H and O–H groups in total. The summed E-state index contributed by atoms with van der Waals surface area (Å²) in [5.41, 5.74) is 3.69. The quantitative estimate of drug-likeness (QED) is 0.229. The molecule has 0 spiro atoms. The average molecular weight is 575 g/mol. The summed E-state index contributed by atoms with van der Waals surface area (Å²) in [6.45, 7) is 4.51. The molecule has 1 aliphatic heterocycles. The van der Waals surface area contributed by atoms with Crippen LogP contribution < -0.4 is 15.4 Å². The van der Waals surface area contributed by atoms with Gasteiger partial charge in [0, 0.05) is 44.6 Å². The Bertz CT molecular complexity index is 1030. The van der Waals surface area contributed by atoms with Crippen LogP contribution in [0.1, 0.15) is 35.6 Å². The van der Waals surface area contributed by atoms with Crippen molar-refractivity contribution in [2.45, 2.75) is 32.0 Å². The number of hydrogen-bond acceptors (Lipinski definition) is 4. The number of nitrogens with zero attached hydrogens (tertiary/aromatic N) is 4. The standard InChI is InChI=1S/C26H34N6O.HI/c1-27-26(29-17-21-8-7-9-22(16-21)19-31-15-12-28-20-31)30-18-24(32-13-5-6-14-32)23-10-3-4-11-25(23)33-2;/h3-4,7-12,15-16,20,24H,5-6,13-14,17-19H2,1-2H3,(H2,27,29,30);1H. The van der Waals surface area contributed by atoms with Crippen LogP contribution in [0.15, 0.2) is 72.2 Å². The molecule has 0 radical (unpaired) electrons. The molecule has 3 aromatic rings. The van der Waals surface area contributed by atoms with Crippen LogP contribution in [0.3, 0.4) is 0 Å². The number of rotatable bonds is 9. The van der Waals surface area contributed by atoms with E-state index in [2.05, 4.69) is 66.5 Å². The number of aromatic nitrogens is 2. The molecule has 0 aliphatic carbocycles. The van der Waals surface area contributed by atoms with E-state index in [0.29, 0.717) is 6.54 Å². The predicted octanol–water partition coefficient (Wildman–Crippen LogP) is 4.06. The SMILES string of the molecule is CN=C(NCc1cccc(Cn2ccnc2)c1)NCC(c1ccccc1OC)N1CCCC1.I. The molecule has 0 saturated carbocycles. The van der Waals surface area contributed by atoms with Crippen molar-refractivity contribution < 1.29 is 4.74 Å². The summed E-state index contributed by atoms with van der Waals surface area (Å²) in [7, 11) is 3.56. The number of likely N-dealkylation sites (tertiary alicyclic amines) is 1. The largest absolute Gasteiger partial charge is 0.496 e. The van der Waals surface area contributed by atoms with Crippen molar-refractivity contribution >= 4 is 29.9 Å². The number of para-hydroxylation sites is 1. The Morgan fingerprint density at radius 1 is 1.09 bits per heavy atom. The van der Waals surface area contributed by atoms with Crippen molar-refractivity contribution in [2.24, 2.45) is 4.99 Å². The second-order valence-corrected chi connectivity index (χ2v) is 8.36. The Morgan fingerprint density at radius 3 is 2.62 bits per heavy atom. The van der Waals surface area contributed by atoms with E-state index in [1.165, 1.54) is 29.5 Å². The van der Waals surface area contributed by atoms with Gasteiger partial charge in [-0.05, 0) is 43.1 Å². The second kappa shape index (κ2) is 13.3. The summed E-state index contributed by atoms with van der Waals surface area (Å²) < 4.78 is 7.74. The summed E-state index contributed by atoms with van der Waals surface area (Å²) in [4.78, 5) is 11.1. The van der Waals surface area contributed by atoms with Crippen molar-refractivity contribution in [2.75, 3.05) is 33.8 Å². The fourth-order valence-electron chi connectivity index (χ4n) is 4.46. The molecule has 8 heteroatoms. The first-order valence-corrected chi connectivity index (χ1v) is 11.6. The van der Waals surface area contributed by atoms with Crippen LogP contribution in [0.25, 0.3) is 0 Å². The third kappa shape index (κ3) is 6.96. The van der Waals surface area contributed by atoms with Gasteiger partial charge in [0.15, 0.2) is 5.96 Å². The molecule has 4 rings (SSSR count). The highest BCUT2D eigenvalue weighted by atomic mass is 127. The second-order valence-electron chi connectivity index (χ2n) is 8.36. The smallest absolute Gasteiger partial charge is 0.191 e. The van der Waals surface area contributed by atoms with Crippen LogP contribution in [-0.2, 0) is 13.1 Å². The summed E-state index contributed by atoms with van der Waals surface area (Å²) >= 11 is 0. The maximum absolute atomic E-state index is 5.67. The van der Waals surface area contributed by atoms with Gasteiger partial charge in [-0.15, -0.1) is 24.0 Å². The lowest BCUT2D eigenvalue weighted by Gasteiger charge is -2.30. The van der Waals surface area contributed by atoms with E-state index in [9.17, 15) is 0 Å². The molecule has 2 heterocycles. The number of nitrogens with one attached hydrogen (secondary N) is 2. The average Bonchev–Trinajstić information content (AvgIpc) is 3.56. The molecule has 7 nitrogen and oxygen atoms in total. The van der Waals surface area contributed by atoms with E-state index < -0.39 is 0 Å². The normalized spacial score (nSPS) is 14.9. The first-order valence-electron chi connectivity index (χ1n) is 11.6. The minimum absolute atomic E-state index is 0. The summed E-state index contributed by atoms with van der Waals surface area (Å²) in [6, 6.07) is 17.2. The van der Waals surface area contributed by atoms with Crippen molar-refractivity contribution in [3.05, 3.63) is 83.9 Å². The zero-order chi connectivity index (χ0) is 22.9. The van der Waals surface area contributed by atoms with Crippen LogP contribution >= 0.6 is 24.0 Å². The van der Waals surface area contributed by atoms with Gasteiger partial charge in [-0.25, -0.2) is 4.98 Å². The van der Waals surface area contributed by atoms with Gasteiger partial charge in [-0.2, -0.15) is 0 Å². The van der Waals surface area contributed by atoms with Gasteiger partial charge in [-0.3, -0.25) is 9.89 Å². The van der Waals surface area contributed by atoms with E-state index in [0.717, 1.165) is 37.9 Å². The van der Waals surface area contributed by atoms with Crippen LogP contribution in [0.5, 0.6) is 5.75 Å². The van der Waals surface area contributed by atoms with E-state index >= 15 is 0 Å². The van der Waals surface area contributed by atoms with E-state index in [1.807, 2.05) is 37.9 Å². The first-order chi connectivity index (χ1) is 16.3. The van der Waals surface area contributed by atoms with Crippen molar-refractivity contribution in [3.8, 4) is 5.75 Å². The third-order valence-electron chi connectivity index (χ3n) is 6.14. The van der Waals surface area contributed by atoms with E-state index in [-0.39, 0.29) is 30.0 Å². The van der Waals surface area contributed by atoms with Crippen molar-refractivity contribution in [1.29, 1.82) is 0 Å². The van der Waals surface area contributed by atoms with Crippen molar-refractivity contribution in [1.82, 2.24) is 25.1 Å². The molecule has 1 atom stereocenters. The first kappa shape index (κ1) is 26.0. The molecule has 1 aliphatic rings. The fraction of sp³-hybridized carbons (Fsp3) is 0.385. The molecule has 0 amide bonds. The van der Waals surface area contributed by atoms with Gasteiger partial charge in [-0.1, -0.05) is 42.5 Å². The molecular weight excluding hydrogens is 539 g/mol. The predicted molar refractivity (Wildman–Crippen MR) is 148 cm³/mol. The van der Waals surface area contributed by atoms with Crippen LogP contribution in [0.2, 0.25) is 0 Å². The molecule has 0 bridgehead atoms. The molecule has 1 unspecified atom stereocenters. The molecule has 1 fully saturated rings. The third-order valence-corrected chi connectivity index (χ3v) is 6.14. The zero-order valence-electron chi connectivity index (χ0n) is 20.0. The van der Waals surface area contributed by atoms with Crippen molar-refractivity contribution in [3.63, 3.8) is 0 Å². The zero-order valence-corrected chi connectivity index (χ0v) is 22.3. The van der Waals surface area contributed by atoms with Gasteiger partial charge in [0.2, 0.25) is 0 Å². The number of ether oxygens (including phenoxy) is 1. The number of benzene rings is 2. The minimum Gasteiger partial charge on any atom is -0.496 e. The summed E-state index contributed by atoms with van der Waals surface area (Å²) in [5, 5.41) is 7.01. The lowest BCUT2D eigenvalue weighted by atomic mass is 10.0. The van der Waals surface area contributed by atoms with Crippen LogP contribution in [-0.4, -0.2) is 54.2 Å². The number of aliphatic imine (C=N–C) groups is 1. The Morgan fingerprint density at radius 2 is 1.88 bits per heavy atom. The fourth-order valence-corrected chi connectivity index (χ4v) is 4.46. The van der Waals surface area contributed by atoms with Crippen LogP contribution in [0.4, 0.5) is 0 Å². The number of imidazole rings is 1. The highest BCUT2D eigenvalue weighted by Crippen LogP contribution is 2.31. The topological polar surface area (TPSA) is 66.7 Å². The number of halogens is 1. The summed E-state index contributed by atoms with van der Waals surface area (Å²) in [5.74, 6) is 1.74. The molecule has 2 aromatic carbocycles. The number of hydrogen-bond donors (Lipinski definition) is 2. The van der Waals surface area contributed by atoms with Gasteiger partial charge in [0.05, 0.1) is 19.5 Å². The Labute approximate surface area is 219 Å². The Hall–Kier alpha value is -2.59. The summed E-state index contributed by atoms with van der Waals surface area (Å²) in [6.07, 6.45) is 8.12. The minimum atomic E-state index is 0. The van der Waals surface area contributed by atoms with Gasteiger partial charge >= 0.3 is 0 Å². The molecule has 1 aromatic heterocycles. The monoisotopic (exact) mass is 574 g/mol. The molecule has 1 saturated heterocycles. The van der Waals surface area contributed by atoms with Gasteiger partial charge < -0.3 is 19.9 Å². The maximum Gasteiger partial charge on any atom is 0.191 e. The lowest BCUT2D eigenvalue weighted by molar-refractivity contribution is 0.239. The molecular formula is C26H35IN6O. The maximum atomic E-state index is 5.67. The number of guanidine groups is 1. The highest BCUT2D eigenvalue weighted by molar-refractivity contribution is 14.0. The number of methoxy groups -OCH3 is 1. The lowest BCUT2D eigenvalue weighted by Crippen LogP contribution is -2.42. The van der Waals surface area contributed by atoms with Gasteiger partial charge in [0.1, 0.15) is 5.75 Å². The molecule has 182 valence electrons. The highest BCUT2D eigenvalue weighted by Gasteiger charge is 2.26. The van der Waals surface area contributed by atoms with Crippen LogP contribution in [0, 0.1) is 0 Å². The van der Waals surface area contributed by atoms with E-state index in [1.54, 1.807) is 7.11 Å². The van der Waals surface area contributed by atoms with E-state index in [4.69, 9.17) is 4.74 Å².